The van der Waals surface area contributed by atoms with Gasteiger partial charge in [0.15, 0.2) is 0 Å². The van der Waals surface area contributed by atoms with E-state index in [1.807, 2.05) is 11.1 Å². The van der Waals surface area contributed by atoms with E-state index in [9.17, 15) is 0 Å². The Hall–Kier alpha value is -0.993. The van der Waals surface area contributed by atoms with Crippen molar-refractivity contribution in [1.82, 2.24) is 0 Å². The Balaban J connectivity index is 1.64. The van der Waals surface area contributed by atoms with Crippen LogP contribution >= 0.6 is 0 Å². The molecule has 6 rings (SSSR count). The van der Waals surface area contributed by atoms with E-state index in [-0.39, 0.29) is 0 Å². The van der Waals surface area contributed by atoms with Crippen LogP contribution < -0.4 is 0 Å². The average molecular weight is 703 g/mol. The van der Waals surface area contributed by atoms with E-state index in [0.29, 0.717) is 13.6 Å². The van der Waals surface area contributed by atoms with Crippen molar-refractivity contribution in [1.29, 1.82) is 0 Å². The van der Waals surface area contributed by atoms with Crippen LogP contribution in [0.4, 0.5) is 0 Å². The van der Waals surface area contributed by atoms with Crippen LogP contribution in [0, 0.1) is 27.7 Å². The van der Waals surface area contributed by atoms with Gasteiger partial charge in [-0.2, -0.15) is 0 Å². The molecule has 2 aromatic rings. The van der Waals surface area contributed by atoms with Crippen molar-refractivity contribution < 1.29 is 17.1 Å². The van der Waals surface area contributed by atoms with Gasteiger partial charge in [-0.05, 0) is 0 Å². The minimum absolute atomic E-state index is 0.457. The van der Waals surface area contributed by atoms with Crippen LogP contribution in [-0.4, -0.2) is 6.22 Å². The van der Waals surface area contributed by atoms with E-state index in [1.165, 1.54) is 63.8 Å². The molecule has 0 bridgehead atoms. The summed E-state index contributed by atoms with van der Waals surface area (Å²) in [7, 11) is 0. The first-order valence-corrected chi connectivity index (χ1v) is 35.2. The molecule has 2 heteroatoms. The third-order valence-corrected chi connectivity index (χ3v) is 55.0. The molecule has 0 spiro atoms. The summed E-state index contributed by atoms with van der Waals surface area (Å²) in [5, 5.41) is 0. The van der Waals surface area contributed by atoms with Crippen LogP contribution in [0.3, 0.4) is 0 Å². The number of allylic oxidation sites excluding steroid dienone is 2. The van der Waals surface area contributed by atoms with Crippen molar-refractivity contribution in [2.75, 3.05) is 0 Å². The van der Waals surface area contributed by atoms with Crippen molar-refractivity contribution >= 4 is 18.4 Å². The van der Waals surface area contributed by atoms with Crippen molar-refractivity contribution in [2.24, 2.45) is 0 Å². The van der Waals surface area contributed by atoms with Crippen molar-refractivity contribution in [2.45, 2.75) is 129 Å². The summed E-state index contributed by atoms with van der Waals surface area (Å²) in [6.45, 7) is 17.4. The Morgan fingerprint density at radius 3 is 1.46 bits per heavy atom. The van der Waals surface area contributed by atoms with E-state index in [4.69, 9.17) is 0 Å². The summed E-state index contributed by atoms with van der Waals surface area (Å²) in [5.74, 6) is 0. The standard InChI is InChI=1S/2C15H17.C5H12Si.2CH3.Hf/c2*1-9-7-14-10(2)12-5-4-6-13(12)11(3)15(14)8-9;1-2-3-4-5-6;;;/h2*7-8H,4-6H2,1-3H3;6H,2-5H2,1H3;2*1H3;. The average Bonchev–Trinajstić information content (AvgIpc) is 3.68. The molecule has 4 aliphatic rings. The molecule has 4 aliphatic carbocycles. The van der Waals surface area contributed by atoms with Gasteiger partial charge in [-0.15, -0.1) is 0 Å². The zero-order chi connectivity index (χ0) is 27.9. The zero-order valence-corrected chi connectivity index (χ0v) is 31.2. The molecule has 39 heavy (non-hydrogen) atoms. The second-order valence-corrected chi connectivity index (χ2v) is 58.9. The van der Waals surface area contributed by atoms with Crippen molar-refractivity contribution in [3.63, 3.8) is 0 Å². The first-order valence-electron chi connectivity index (χ1n) is 16.2. The number of hydrogen-bond acceptors (Lipinski definition) is 0. The molecule has 0 aliphatic heterocycles. The van der Waals surface area contributed by atoms with Crippen LogP contribution in [0.5, 0.6) is 0 Å². The second-order valence-electron chi connectivity index (χ2n) is 14.9. The number of rotatable bonds is 6. The van der Waals surface area contributed by atoms with Gasteiger partial charge in [0, 0.05) is 0 Å². The summed E-state index contributed by atoms with van der Waals surface area (Å²) in [6.07, 6.45) is 17.9. The van der Waals surface area contributed by atoms with Gasteiger partial charge >= 0.3 is 242 Å². The fourth-order valence-corrected chi connectivity index (χ4v) is 57.8. The summed E-state index contributed by atoms with van der Waals surface area (Å²) >= 11 is -3.72. The van der Waals surface area contributed by atoms with Gasteiger partial charge in [-0.3, -0.25) is 0 Å². The molecule has 0 nitrogen and oxygen atoms in total. The number of benzene rings is 2. The third-order valence-electron chi connectivity index (χ3n) is 12.1. The topological polar surface area (TPSA) is 0 Å². The van der Waals surface area contributed by atoms with Gasteiger partial charge in [-0.25, -0.2) is 0 Å². The molecule has 0 saturated heterocycles. The number of hydrogen-bond donors (Lipinski definition) is 0. The van der Waals surface area contributed by atoms with Gasteiger partial charge < -0.3 is 0 Å². The maximum atomic E-state index is 2.98. The maximum absolute atomic E-state index is 3.72. The fraction of sp³-hybridized carbons (Fsp3) is 0.568. The van der Waals surface area contributed by atoms with Crippen LogP contribution in [-0.2, 0) is 42.8 Å². The van der Waals surface area contributed by atoms with Crippen LogP contribution in [0.1, 0.15) is 127 Å². The molecule has 2 aromatic carbocycles. The Bertz CT molecular complexity index is 1430. The molecule has 2 unspecified atom stereocenters. The van der Waals surface area contributed by atoms with E-state index in [0.717, 1.165) is 0 Å². The van der Waals surface area contributed by atoms with Gasteiger partial charge in [0.1, 0.15) is 0 Å². The van der Waals surface area contributed by atoms with E-state index in [1.54, 1.807) is 66.8 Å². The van der Waals surface area contributed by atoms with E-state index in [2.05, 4.69) is 70.0 Å². The Morgan fingerprint density at radius 2 is 1.05 bits per heavy atom. The summed E-state index contributed by atoms with van der Waals surface area (Å²) in [5.41, 5.74) is 23.9. The Kier molecular flexibility index (Phi) is 7.06. The van der Waals surface area contributed by atoms with Crippen LogP contribution in [0.15, 0.2) is 11.1 Å². The van der Waals surface area contributed by atoms with E-state index < -0.39 is 17.1 Å². The van der Waals surface area contributed by atoms with Gasteiger partial charge in [0.2, 0.25) is 0 Å². The van der Waals surface area contributed by atoms with Crippen molar-refractivity contribution in [3.05, 3.63) is 77.9 Å². The molecule has 0 heterocycles. The Morgan fingerprint density at radius 1 is 0.641 bits per heavy atom. The SMILES string of the molecule is CCCCC[SiH]=[Hf]([CH3])([CH3])([CH]1C(C)=Cc2c(C)c3c(c(C)c21)CCC3)[CH]1C(C)=Cc2c(C)c3c(c(C)c21)CCC3. The monoisotopic (exact) mass is 704 g/mol. The molecular weight excluding hydrogens is 651 g/mol. The molecule has 2 atom stereocenters. The molecule has 0 aromatic heterocycles. The summed E-state index contributed by atoms with van der Waals surface area (Å²) in [6, 6.07) is 1.50. The first-order chi connectivity index (χ1) is 18.5. The third kappa shape index (κ3) is 3.96. The summed E-state index contributed by atoms with van der Waals surface area (Å²) in [4.78, 5) is 0. The molecule has 208 valence electrons. The van der Waals surface area contributed by atoms with E-state index >= 15 is 0 Å². The zero-order valence-electron chi connectivity index (χ0n) is 26.5. The van der Waals surface area contributed by atoms with Gasteiger partial charge in [0.25, 0.3) is 0 Å². The Labute approximate surface area is 241 Å². The molecule has 0 saturated carbocycles. The number of unbranched alkanes of at least 4 members (excludes halogenated alkanes) is 2. The van der Waals surface area contributed by atoms with Gasteiger partial charge in [-0.1, -0.05) is 0 Å². The number of fused-ring (bicyclic) bond motifs is 4. The van der Waals surface area contributed by atoms with Crippen molar-refractivity contribution in [3.8, 4) is 0 Å². The van der Waals surface area contributed by atoms with Crippen LogP contribution in [0.25, 0.3) is 12.2 Å². The molecule has 0 radical (unpaired) electrons. The fourth-order valence-electron chi connectivity index (χ4n) is 10.5. The predicted molar refractivity (Wildman–Crippen MR) is 172 cm³/mol. The second kappa shape index (κ2) is 9.79. The quantitative estimate of drug-likeness (QED) is 0.208. The normalized spacial score (nSPS) is 21.5. The molecule has 0 N–H and O–H groups in total. The molecule has 0 amide bonds. The van der Waals surface area contributed by atoms with Crippen LogP contribution in [0.2, 0.25) is 15.4 Å². The molecular formula is C37H52HfSi. The first kappa shape index (κ1) is 28.1. The predicted octanol–water partition coefficient (Wildman–Crippen LogP) is 10.3. The molecule has 0 fully saturated rings. The minimum atomic E-state index is -3.72. The summed E-state index contributed by atoms with van der Waals surface area (Å²) < 4.78 is 7.39. The van der Waals surface area contributed by atoms with Gasteiger partial charge in [0.05, 0.1) is 0 Å².